The smallest absolute Gasteiger partial charge is 0.394 e. The van der Waals surface area contributed by atoms with Crippen molar-refractivity contribution in [1.29, 1.82) is 0 Å². The van der Waals surface area contributed by atoms with Gasteiger partial charge in [-0.15, -0.1) is 4.73 Å². The number of rotatable bonds is 5. The lowest BCUT2D eigenvalue weighted by Gasteiger charge is -2.19. The zero-order valence-electron chi connectivity index (χ0n) is 11.8. The number of H-pyrrole nitrogens is 1. The Hall–Kier alpha value is -1.44. The molecule has 132 valence electrons. The van der Waals surface area contributed by atoms with Gasteiger partial charge in [0.25, 0.3) is 0 Å². The number of aliphatic hydroxyl groups excluding tert-OH is 3. The van der Waals surface area contributed by atoms with Gasteiger partial charge < -0.3 is 29.7 Å². The standard InChI is InChI=1S/C10H13N4O8PS/c15-1-4-6(16)7(17)10(20-4)21-23(18,19)22-14-3-13-5-8(14)11-2-12-9(5)24/h2-4,6-7,10,15-17H,1H2,(H,18,19)(H,11,12,24)/t4-,6-,7-,10?/m1/s1. The third-order valence-corrected chi connectivity index (χ3v) is 4.40. The molecular formula is C10H13N4O8PS. The maximum Gasteiger partial charge on any atom is 0.549 e. The number of imidazole rings is 1. The van der Waals surface area contributed by atoms with Crippen LogP contribution in [0.4, 0.5) is 0 Å². The van der Waals surface area contributed by atoms with E-state index in [1.54, 1.807) is 0 Å². The Labute approximate surface area is 138 Å². The maximum absolute atomic E-state index is 12.1. The molecule has 0 amide bonds. The van der Waals surface area contributed by atoms with Crippen LogP contribution in [0.3, 0.4) is 0 Å². The van der Waals surface area contributed by atoms with Crippen LogP contribution in [0.15, 0.2) is 12.7 Å². The molecule has 0 bridgehead atoms. The second kappa shape index (κ2) is 6.46. The molecule has 0 aliphatic carbocycles. The Balaban J connectivity index is 1.78. The molecule has 0 saturated carbocycles. The minimum absolute atomic E-state index is 0.156. The molecule has 1 saturated heterocycles. The summed E-state index contributed by atoms with van der Waals surface area (Å²) in [6.45, 7) is -0.607. The number of ether oxygens (including phenoxy) is 1. The highest BCUT2D eigenvalue weighted by atomic mass is 32.1. The first-order valence-corrected chi connectivity index (χ1v) is 8.47. The van der Waals surface area contributed by atoms with Gasteiger partial charge in [-0.3, -0.25) is 4.89 Å². The van der Waals surface area contributed by atoms with Gasteiger partial charge in [0.05, 0.1) is 12.9 Å². The fourth-order valence-corrected chi connectivity index (χ4v) is 3.13. The number of fused-ring (bicyclic) bond motifs is 1. The van der Waals surface area contributed by atoms with Gasteiger partial charge in [0.2, 0.25) is 0 Å². The van der Waals surface area contributed by atoms with Crippen LogP contribution < -0.4 is 4.62 Å². The molecule has 14 heteroatoms. The van der Waals surface area contributed by atoms with Crippen LogP contribution in [-0.4, -0.2) is 71.1 Å². The Bertz CT molecular complexity index is 842. The molecule has 5 atom stereocenters. The zero-order valence-corrected chi connectivity index (χ0v) is 13.5. The Morgan fingerprint density at radius 3 is 2.83 bits per heavy atom. The molecule has 1 fully saturated rings. The molecule has 12 nitrogen and oxygen atoms in total. The van der Waals surface area contributed by atoms with E-state index in [1.807, 2.05) is 0 Å². The van der Waals surface area contributed by atoms with E-state index in [0.717, 1.165) is 11.1 Å². The molecule has 24 heavy (non-hydrogen) atoms. The van der Waals surface area contributed by atoms with Crippen LogP contribution in [0, 0.1) is 4.64 Å². The van der Waals surface area contributed by atoms with Crippen molar-refractivity contribution in [2.75, 3.05) is 6.61 Å². The second-order valence-corrected chi connectivity index (χ2v) is 6.54. The predicted octanol–water partition coefficient (Wildman–Crippen LogP) is -1.53. The van der Waals surface area contributed by atoms with Gasteiger partial charge in [0, 0.05) is 0 Å². The molecule has 2 unspecified atom stereocenters. The highest BCUT2D eigenvalue weighted by molar-refractivity contribution is 7.71. The largest absolute Gasteiger partial charge is 0.549 e. The summed E-state index contributed by atoms with van der Waals surface area (Å²) < 4.78 is 27.5. The molecule has 2 aromatic heterocycles. The van der Waals surface area contributed by atoms with Gasteiger partial charge in [-0.05, 0) is 0 Å². The first-order valence-electron chi connectivity index (χ1n) is 6.57. The van der Waals surface area contributed by atoms with Gasteiger partial charge in [-0.1, -0.05) is 12.2 Å². The fraction of sp³-hybridized carbons (Fsp3) is 0.500. The normalized spacial score (nSPS) is 29.7. The van der Waals surface area contributed by atoms with Crippen molar-refractivity contribution in [1.82, 2.24) is 19.7 Å². The van der Waals surface area contributed by atoms with Crippen LogP contribution >= 0.6 is 20.0 Å². The van der Waals surface area contributed by atoms with E-state index in [0.29, 0.717) is 0 Å². The van der Waals surface area contributed by atoms with E-state index >= 15 is 0 Å². The van der Waals surface area contributed by atoms with E-state index in [9.17, 15) is 19.7 Å². The molecular weight excluding hydrogens is 367 g/mol. The quantitative estimate of drug-likeness (QED) is 0.301. The minimum Gasteiger partial charge on any atom is -0.394 e. The van der Waals surface area contributed by atoms with Crippen molar-refractivity contribution < 1.29 is 38.7 Å². The monoisotopic (exact) mass is 380 g/mol. The molecule has 3 rings (SSSR count). The summed E-state index contributed by atoms with van der Waals surface area (Å²) in [4.78, 5) is 20.1. The number of phosphoric acid groups is 1. The molecule has 0 radical (unpaired) electrons. The van der Waals surface area contributed by atoms with Crippen LogP contribution in [0.1, 0.15) is 0 Å². The van der Waals surface area contributed by atoms with Crippen molar-refractivity contribution in [3.63, 3.8) is 0 Å². The molecule has 2 aromatic rings. The first kappa shape index (κ1) is 17.4. The average Bonchev–Trinajstić information content (AvgIpc) is 3.04. The third-order valence-electron chi connectivity index (χ3n) is 3.25. The van der Waals surface area contributed by atoms with Gasteiger partial charge >= 0.3 is 7.82 Å². The van der Waals surface area contributed by atoms with E-state index in [4.69, 9.17) is 31.2 Å². The van der Waals surface area contributed by atoms with E-state index in [1.165, 1.54) is 6.33 Å². The number of phosphoric ester groups is 1. The topological polar surface area (TPSA) is 172 Å². The predicted molar refractivity (Wildman–Crippen MR) is 78.0 cm³/mol. The van der Waals surface area contributed by atoms with Crippen molar-refractivity contribution in [2.45, 2.75) is 24.6 Å². The fourth-order valence-electron chi connectivity index (χ4n) is 2.11. The van der Waals surface area contributed by atoms with Crippen LogP contribution in [0.5, 0.6) is 0 Å². The number of aliphatic hydroxyl groups is 3. The van der Waals surface area contributed by atoms with Gasteiger partial charge in [0.1, 0.15) is 30.2 Å². The van der Waals surface area contributed by atoms with E-state index in [2.05, 4.69) is 15.0 Å². The summed E-state index contributed by atoms with van der Waals surface area (Å²) in [6, 6.07) is 0. The lowest BCUT2D eigenvalue weighted by atomic mass is 10.1. The lowest BCUT2D eigenvalue weighted by Crippen LogP contribution is -2.34. The SMILES string of the molecule is O=P(O)(OC1O[C@H](CO)[C@@H](O)[C@H]1O)On1cnc2c(=S)nc[nH]c21. The van der Waals surface area contributed by atoms with E-state index < -0.39 is 39.0 Å². The Morgan fingerprint density at radius 2 is 2.17 bits per heavy atom. The highest BCUT2D eigenvalue weighted by Gasteiger charge is 2.47. The Morgan fingerprint density at radius 1 is 1.42 bits per heavy atom. The van der Waals surface area contributed by atoms with Gasteiger partial charge in [-0.2, -0.15) is 0 Å². The molecule has 1 aliphatic heterocycles. The van der Waals surface area contributed by atoms with Crippen molar-refractivity contribution >= 4 is 31.2 Å². The summed E-state index contributed by atoms with van der Waals surface area (Å²) in [5.74, 6) is 0. The Kier molecular flexibility index (Phi) is 4.68. The van der Waals surface area contributed by atoms with E-state index in [-0.39, 0.29) is 15.8 Å². The first-order chi connectivity index (χ1) is 11.3. The highest BCUT2D eigenvalue weighted by Crippen LogP contribution is 2.44. The van der Waals surface area contributed by atoms with Crippen LogP contribution in [0.2, 0.25) is 0 Å². The van der Waals surface area contributed by atoms with Gasteiger partial charge in [-0.25, -0.2) is 19.1 Å². The van der Waals surface area contributed by atoms with Crippen molar-refractivity contribution in [3.05, 3.63) is 17.3 Å². The van der Waals surface area contributed by atoms with Crippen LogP contribution in [-0.2, 0) is 13.8 Å². The molecule has 1 aliphatic rings. The molecule has 5 N–H and O–H groups in total. The number of nitrogens with one attached hydrogen (secondary N) is 1. The number of hydrogen-bond donors (Lipinski definition) is 5. The number of hydrogen-bond acceptors (Lipinski definition) is 10. The summed E-state index contributed by atoms with van der Waals surface area (Å²) >= 11 is 4.95. The summed E-state index contributed by atoms with van der Waals surface area (Å²) in [7, 11) is -4.78. The number of aromatic nitrogens is 4. The lowest BCUT2D eigenvalue weighted by molar-refractivity contribution is -0.128. The third kappa shape index (κ3) is 3.20. The van der Waals surface area contributed by atoms with Crippen LogP contribution in [0.25, 0.3) is 11.2 Å². The van der Waals surface area contributed by atoms with Crippen molar-refractivity contribution in [3.8, 4) is 0 Å². The average molecular weight is 380 g/mol. The molecule has 0 aromatic carbocycles. The summed E-state index contributed by atoms with van der Waals surface area (Å²) in [6.07, 6.45) is -3.61. The molecule has 3 heterocycles. The summed E-state index contributed by atoms with van der Waals surface area (Å²) in [5.41, 5.74) is 0.398. The zero-order chi connectivity index (χ0) is 17.5. The minimum atomic E-state index is -4.78. The number of nitrogens with zero attached hydrogens (tertiary/aromatic N) is 3. The molecule has 0 spiro atoms. The van der Waals surface area contributed by atoms with Crippen molar-refractivity contribution in [2.24, 2.45) is 0 Å². The number of aromatic amines is 1. The van der Waals surface area contributed by atoms with Gasteiger partial charge in [0.15, 0.2) is 16.6 Å². The summed E-state index contributed by atoms with van der Waals surface area (Å²) in [5, 5.41) is 28.3. The maximum atomic E-state index is 12.1. The second-order valence-electron chi connectivity index (χ2n) is 4.84.